The van der Waals surface area contributed by atoms with E-state index < -0.39 is 0 Å². The summed E-state index contributed by atoms with van der Waals surface area (Å²) in [6, 6.07) is 11.2. The Morgan fingerprint density at radius 3 is 2.38 bits per heavy atom. The lowest BCUT2D eigenvalue weighted by Gasteiger charge is -2.58. The van der Waals surface area contributed by atoms with Crippen LogP contribution in [0.25, 0.3) is 11.3 Å². The van der Waals surface area contributed by atoms with Crippen molar-refractivity contribution in [2.45, 2.75) is 38.1 Å². The molecule has 2 aromatic rings. The fourth-order valence-corrected chi connectivity index (χ4v) is 6.15. The van der Waals surface area contributed by atoms with Crippen LogP contribution in [0.4, 0.5) is 0 Å². The summed E-state index contributed by atoms with van der Waals surface area (Å²) in [5.41, 5.74) is 6.30. The molecule has 1 aromatic heterocycles. The van der Waals surface area contributed by atoms with Crippen LogP contribution in [0.2, 0.25) is 0 Å². The van der Waals surface area contributed by atoms with Crippen molar-refractivity contribution in [3.63, 3.8) is 0 Å². The second kappa shape index (κ2) is 6.65. The summed E-state index contributed by atoms with van der Waals surface area (Å²) in [6.45, 7) is 0. The molecule has 1 heterocycles. The standard InChI is InChI=1S/C23H26N2O4/c1-28-17-4-2-14(3-5-17)18-6-7-19(29-18)21(26)25-20-15-8-13-9-16(20)12-23(10-13,11-15)22(24)27/h2-7,13,15-16,20H,8-12H2,1H3,(H2,24,27)(H,25,26)/t13?,15?,16?,20-,23-. The number of hydrogen-bond donors (Lipinski definition) is 2. The molecular weight excluding hydrogens is 368 g/mol. The maximum absolute atomic E-state index is 12.9. The van der Waals surface area contributed by atoms with Gasteiger partial charge in [0.1, 0.15) is 11.5 Å². The van der Waals surface area contributed by atoms with Crippen LogP contribution in [0.5, 0.6) is 5.75 Å². The van der Waals surface area contributed by atoms with Gasteiger partial charge in [-0.15, -0.1) is 0 Å². The SMILES string of the molecule is COc1ccc(-c2ccc(C(=O)N[C@H]3C4CC5CC3C[C@](C(N)=O)(C5)C4)o2)cc1. The van der Waals surface area contributed by atoms with Crippen LogP contribution < -0.4 is 15.8 Å². The number of hydrogen-bond acceptors (Lipinski definition) is 4. The third kappa shape index (κ3) is 3.02. The molecule has 2 unspecified atom stereocenters. The number of methoxy groups -OCH3 is 1. The van der Waals surface area contributed by atoms with E-state index in [1.54, 1.807) is 13.2 Å². The molecule has 0 aliphatic heterocycles. The second-order valence-electron chi connectivity index (χ2n) is 9.01. The van der Waals surface area contributed by atoms with Crippen molar-refractivity contribution in [1.29, 1.82) is 0 Å². The third-order valence-electron chi connectivity index (χ3n) is 7.30. The van der Waals surface area contributed by atoms with Gasteiger partial charge in [0, 0.05) is 17.0 Å². The van der Waals surface area contributed by atoms with Crippen LogP contribution in [-0.4, -0.2) is 25.0 Å². The molecule has 0 spiro atoms. The average molecular weight is 394 g/mol. The number of nitrogens with one attached hydrogen (secondary N) is 1. The Kier molecular flexibility index (Phi) is 4.19. The first-order valence-corrected chi connectivity index (χ1v) is 10.3. The number of furan rings is 1. The number of carbonyl (C=O) groups is 2. The number of primary amides is 1. The first-order valence-electron chi connectivity index (χ1n) is 10.3. The van der Waals surface area contributed by atoms with Gasteiger partial charge in [-0.3, -0.25) is 9.59 Å². The summed E-state index contributed by atoms with van der Waals surface area (Å²) in [6.07, 6.45) is 4.68. The lowest BCUT2D eigenvalue weighted by Crippen LogP contribution is -2.62. The zero-order valence-electron chi connectivity index (χ0n) is 16.5. The molecule has 4 saturated carbocycles. The van der Waals surface area contributed by atoms with Gasteiger partial charge in [-0.2, -0.15) is 0 Å². The summed E-state index contributed by atoms with van der Waals surface area (Å²) in [5, 5.41) is 3.21. The molecule has 2 amide bonds. The van der Waals surface area contributed by atoms with Crippen molar-refractivity contribution in [2.75, 3.05) is 7.11 Å². The van der Waals surface area contributed by atoms with E-state index in [0.717, 1.165) is 43.4 Å². The van der Waals surface area contributed by atoms with Crippen LogP contribution in [0, 0.1) is 23.2 Å². The van der Waals surface area contributed by atoms with E-state index in [4.69, 9.17) is 14.9 Å². The number of rotatable bonds is 5. The van der Waals surface area contributed by atoms with Gasteiger partial charge in [-0.25, -0.2) is 0 Å². The zero-order valence-corrected chi connectivity index (χ0v) is 16.5. The highest BCUT2D eigenvalue weighted by atomic mass is 16.5. The van der Waals surface area contributed by atoms with Gasteiger partial charge in [-0.05, 0) is 86.3 Å². The molecule has 4 fully saturated rings. The first-order chi connectivity index (χ1) is 14.0. The van der Waals surface area contributed by atoms with Gasteiger partial charge in [0.25, 0.3) is 5.91 Å². The van der Waals surface area contributed by atoms with Crippen LogP contribution >= 0.6 is 0 Å². The molecule has 4 aliphatic rings. The summed E-state index contributed by atoms with van der Waals surface area (Å²) < 4.78 is 11.0. The quantitative estimate of drug-likeness (QED) is 0.813. The van der Waals surface area contributed by atoms with E-state index in [1.807, 2.05) is 30.3 Å². The number of benzene rings is 1. The van der Waals surface area contributed by atoms with Crippen LogP contribution in [0.3, 0.4) is 0 Å². The van der Waals surface area contributed by atoms with Gasteiger partial charge in [0.05, 0.1) is 7.11 Å². The number of carbonyl (C=O) groups excluding carboxylic acids is 2. The normalized spacial score (nSPS) is 32.2. The lowest BCUT2D eigenvalue weighted by molar-refractivity contribution is -0.145. The van der Waals surface area contributed by atoms with Crippen LogP contribution in [-0.2, 0) is 4.79 Å². The molecule has 6 rings (SSSR count). The minimum atomic E-state index is -0.343. The van der Waals surface area contributed by atoms with Gasteiger partial charge in [0.15, 0.2) is 5.76 Å². The Hall–Kier alpha value is -2.76. The van der Waals surface area contributed by atoms with Crippen molar-refractivity contribution in [2.24, 2.45) is 28.9 Å². The van der Waals surface area contributed by atoms with E-state index in [-0.39, 0.29) is 23.3 Å². The Bertz CT molecular complexity index is 932. The van der Waals surface area contributed by atoms with Crippen LogP contribution in [0.15, 0.2) is 40.8 Å². The largest absolute Gasteiger partial charge is 0.497 e. The molecule has 2 atom stereocenters. The Morgan fingerprint density at radius 1 is 1.07 bits per heavy atom. The highest BCUT2D eigenvalue weighted by Gasteiger charge is 2.58. The summed E-state index contributed by atoms with van der Waals surface area (Å²) in [7, 11) is 1.62. The minimum Gasteiger partial charge on any atom is -0.497 e. The molecule has 1 aromatic carbocycles. The molecule has 6 nitrogen and oxygen atoms in total. The lowest BCUT2D eigenvalue weighted by atomic mass is 9.47. The van der Waals surface area contributed by atoms with E-state index in [0.29, 0.717) is 29.3 Å². The summed E-state index contributed by atoms with van der Waals surface area (Å²) in [5.74, 6) is 2.62. The number of nitrogens with two attached hydrogens (primary N) is 1. The molecule has 6 heteroatoms. The number of amides is 2. The van der Waals surface area contributed by atoms with Crippen molar-refractivity contribution >= 4 is 11.8 Å². The van der Waals surface area contributed by atoms with Crippen molar-refractivity contribution in [3.8, 4) is 17.1 Å². The highest BCUT2D eigenvalue weighted by Crippen LogP contribution is 2.59. The van der Waals surface area contributed by atoms with E-state index >= 15 is 0 Å². The van der Waals surface area contributed by atoms with E-state index in [1.165, 1.54) is 0 Å². The second-order valence-corrected chi connectivity index (χ2v) is 9.01. The fourth-order valence-electron chi connectivity index (χ4n) is 6.15. The zero-order chi connectivity index (χ0) is 20.2. The number of ether oxygens (including phenoxy) is 1. The molecule has 4 aliphatic carbocycles. The topological polar surface area (TPSA) is 94.6 Å². The summed E-state index contributed by atoms with van der Waals surface area (Å²) >= 11 is 0. The van der Waals surface area contributed by atoms with Gasteiger partial charge < -0.3 is 20.2 Å². The van der Waals surface area contributed by atoms with E-state index in [2.05, 4.69) is 5.32 Å². The van der Waals surface area contributed by atoms with Crippen molar-refractivity contribution in [1.82, 2.24) is 5.32 Å². The fraction of sp³-hybridized carbons (Fsp3) is 0.478. The third-order valence-corrected chi connectivity index (χ3v) is 7.30. The molecule has 152 valence electrons. The van der Waals surface area contributed by atoms with Gasteiger partial charge in [0.2, 0.25) is 5.91 Å². The molecule has 0 radical (unpaired) electrons. The molecule has 3 N–H and O–H groups in total. The van der Waals surface area contributed by atoms with E-state index in [9.17, 15) is 9.59 Å². The summed E-state index contributed by atoms with van der Waals surface area (Å²) in [4.78, 5) is 25.0. The maximum atomic E-state index is 12.9. The highest BCUT2D eigenvalue weighted by molar-refractivity contribution is 5.92. The first kappa shape index (κ1) is 18.3. The monoisotopic (exact) mass is 394 g/mol. The predicted molar refractivity (Wildman–Crippen MR) is 107 cm³/mol. The smallest absolute Gasteiger partial charge is 0.287 e. The molecule has 4 bridgehead atoms. The predicted octanol–water partition coefficient (Wildman–Crippen LogP) is 3.37. The Balaban J connectivity index is 1.30. The van der Waals surface area contributed by atoms with Crippen molar-refractivity contribution < 1.29 is 18.7 Å². The van der Waals surface area contributed by atoms with Crippen molar-refractivity contribution in [3.05, 3.63) is 42.2 Å². The molecule has 0 saturated heterocycles. The Morgan fingerprint density at radius 2 is 1.76 bits per heavy atom. The minimum absolute atomic E-state index is 0.0982. The Labute approximate surface area is 169 Å². The molecular formula is C23H26N2O4. The maximum Gasteiger partial charge on any atom is 0.287 e. The molecule has 29 heavy (non-hydrogen) atoms. The average Bonchev–Trinajstić information content (AvgIpc) is 3.20. The van der Waals surface area contributed by atoms with Gasteiger partial charge in [-0.1, -0.05) is 0 Å². The van der Waals surface area contributed by atoms with Gasteiger partial charge >= 0.3 is 0 Å². The van der Waals surface area contributed by atoms with Crippen LogP contribution in [0.1, 0.15) is 42.7 Å².